The molecule has 2 aromatic heterocycles. The Bertz CT molecular complexity index is 673. The molecule has 2 aromatic rings. The standard InChI is InChI=1S/C16H22N4O2/c1-4-20-13(7-8-17-20)11(3)18-16(21)15-12-9-10(2)5-6-14(12)22-19-15/h7-8,10-11H,4-6,9H2,1-3H3,(H,18,21)/t10-,11+/m1/s1. The second-order valence-corrected chi connectivity index (χ2v) is 6.05. The van der Waals surface area contributed by atoms with Crippen molar-refractivity contribution in [3.8, 4) is 0 Å². The average Bonchev–Trinajstić information content (AvgIpc) is 3.12. The van der Waals surface area contributed by atoms with Crippen molar-refractivity contribution < 1.29 is 9.32 Å². The van der Waals surface area contributed by atoms with E-state index in [1.165, 1.54) is 0 Å². The van der Waals surface area contributed by atoms with Crippen LogP contribution in [-0.4, -0.2) is 20.8 Å². The Morgan fingerprint density at radius 2 is 2.41 bits per heavy atom. The van der Waals surface area contributed by atoms with Gasteiger partial charge < -0.3 is 9.84 Å². The summed E-state index contributed by atoms with van der Waals surface area (Å²) in [5, 5.41) is 11.2. The van der Waals surface area contributed by atoms with E-state index >= 15 is 0 Å². The molecule has 1 amide bonds. The van der Waals surface area contributed by atoms with Gasteiger partial charge >= 0.3 is 0 Å². The van der Waals surface area contributed by atoms with Crippen molar-refractivity contribution in [1.82, 2.24) is 20.3 Å². The zero-order chi connectivity index (χ0) is 15.7. The zero-order valence-electron chi connectivity index (χ0n) is 13.3. The number of carbonyl (C=O) groups excluding carboxylic acids is 1. The zero-order valence-corrected chi connectivity index (χ0v) is 13.3. The first kappa shape index (κ1) is 14.8. The largest absolute Gasteiger partial charge is 0.360 e. The van der Waals surface area contributed by atoms with E-state index in [0.717, 1.165) is 42.8 Å². The van der Waals surface area contributed by atoms with E-state index in [0.29, 0.717) is 11.6 Å². The SMILES string of the molecule is CCn1nccc1[C@H](C)NC(=O)c1noc2c1C[C@H](C)CC2. The highest BCUT2D eigenvalue weighted by Crippen LogP contribution is 2.28. The lowest BCUT2D eigenvalue weighted by Gasteiger charge is -2.18. The summed E-state index contributed by atoms with van der Waals surface area (Å²) in [5.74, 6) is 1.27. The Hall–Kier alpha value is -2.11. The van der Waals surface area contributed by atoms with Crippen molar-refractivity contribution in [3.05, 3.63) is 35.0 Å². The topological polar surface area (TPSA) is 73.0 Å². The molecule has 2 atom stereocenters. The van der Waals surface area contributed by atoms with Gasteiger partial charge in [0.05, 0.1) is 11.7 Å². The molecule has 6 nitrogen and oxygen atoms in total. The number of nitrogens with zero attached hydrogens (tertiary/aromatic N) is 3. The maximum atomic E-state index is 12.5. The quantitative estimate of drug-likeness (QED) is 0.942. The lowest BCUT2D eigenvalue weighted by Crippen LogP contribution is -2.29. The molecule has 3 rings (SSSR count). The molecule has 0 saturated carbocycles. The summed E-state index contributed by atoms with van der Waals surface area (Å²) in [5.41, 5.74) is 2.41. The molecule has 0 bridgehead atoms. The summed E-state index contributed by atoms with van der Waals surface area (Å²) < 4.78 is 7.23. The highest BCUT2D eigenvalue weighted by Gasteiger charge is 2.27. The van der Waals surface area contributed by atoms with Crippen LogP contribution in [0.2, 0.25) is 0 Å². The molecule has 2 heterocycles. The molecule has 0 radical (unpaired) electrons. The van der Waals surface area contributed by atoms with Gasteiger partial charge in [0.1, 0.15) is 5.76 Å². The molecule has 6 heteroatoms. The number of amides is 1. The Labute approximate surface area is 129 Å². The number of aromatic nitrogens is 3. The number of nitrogens with one attached hydrogen (secondary N) is 1. The summed E-state index contributed by atoms with van der Waals surface area (Å²) in [7, 11) is 0. The fourth-order valence-corrected chi connectivity index (χ4v) is 3.07. The minimum absolute atomic E-state index is 0.122. The van der Waals surface area contributed by atoms with Gasteiger partial charge in [-0.1, -0.05) is 12.1 Å². The number of fused-ring (bicyclic) bond motifs is 1. The highest BCUT2D eigenvalue weighted by molar-refractivity contribution is 5.94. The van der Waals surface area contributed by atoms with Crippen molar-refractivity contribution in [3.63, 3.8) is 0 Å². The summed E-state index contributed by atoms with van der Waals surface area (Å²) in [6.07, 6.45) is 4.58. The van der Waals surface area contributed by atoms with Crippen molar-refractivity contribution in [2.45, 2.75) is 52.6 Å². The Morgan fingerprint density at radius 3 is 3.18 bits per heavy atom. The molecule has 0 unspecified atom stereocenters. The van der Waals surface area contributed by atoms with E-state index < -0.39 is 0 Å². The van der Waals surface area contributed by atoms with Gasteiger partial charge in [-0.25, -0.2) is 0 Å². The molecule has 0 aromatic carbocycles. The number of hydrogen-bond acceptors (Lipinski definition) is 4. The molecule has 0 spiro atoms. The number of carbonyl (C=O) groups is 1. The van der Waals surface area contributed by atoms with E-state index in [-0.39, 0.29) is 11.9 Å². The first-order chi connectivity index (χ1) is 10.6. The molecule has 1 N–H and O–H groups in total. The van der Waals surface area contributed by atoms with Crippen LogP contribution in [0.15, 0.2) is 16.8 Å². The summed E-state index contributed by atoms with van der Waals surface area (Å²) in [6.45, 7) is 6.95. The van der Waals surface area contributed by atoms with Gasteiger partial charge in [-0.15, -0.1) is 0 Å². The Kier molecular flexibility index (Phi) is 4.00. The van der Waals surface area contributed by atoms with Crippen molar-refractivity contribution in [2.75, 3.05) is 0 Å². The van der Waals surface area contributed by atoms with Crippen LogP contribution in [0.1, 0.15) is 60.7 Å². The van der Waals surface area contributed by atoms with E-state index in [1.54, 1.807) is 6.20 Å². The summed E-state index contributed by atoms with van der Waals surface area (Å²) >= 11 is 0. The maximum absolute atomic E-state index is 12.5. The van der Waals surface area contributed by atoms with E-state index in [9.17, 15) is 4.79 Å². The van der Waals surface area contributed by atoms with Crippen molar-refractivity contribution in [1.29, 1.82) is 0 Å². The van der Waals surface area contributed by atoms with Gasteiger partial charge in [-0.3, -0.25) is 9.48 Å². The first-order valence-electron chi connectivity index (χ1n) is 7.90. The fraction of sp³-hybridized carbons (Fsp3) is 0.562. The lowest BCUT2D eigenvalue weighted by molar-refractivity contribution is 0.0928. The van der Waals surface area contributed by atoms with Gasteiger partial charge in [-0.05, 0) is 38.7 Å². The van der Waals surface area contributed by atoms with Gasteiger partial charge in [0.15, 0.2) is 5.69 Å². The predicted molar refractivity (Wildman–Crippen MR) is 81.5 cm³/mol. The van der Waals surface area contributed by atoms with E-state index in [2.05, 4.69) is 22.5 Å². The monoisotopic (exact) mass is 302 g/mol. The molecule has 1 aliphatic rings. The lowest BCUT2D eigenvalue weighted by atomic mass is 9.88. The first-order valence-corrected chi connectivity index (χ1v) is 7.90. The smallest absolute Gasteiger partial charge is 0.274 e. The predicted octanol–water partition coefficient (Wildman–Crippen LogP) is 2.51. The summed E-state index contributed by atoms with van der Waals surface area (Å²) in [6, 6.07) is 1.80. The molecule has 0 aliphatic heterocycles. The second-order valence-electron chi connectivity index (χ2n) is 6.05. The molecule has 0 saturated heterocycles. The molecule has 0 fully saturated rings. The third-order valence-corrected chi connectivity index (χ3v) is 4.34. The van der Waals surface area contributed by atoms with Crippen LogP contribution in [0.4, 0.5) is 0 Å². The number of aryl methyl sites for hydroxylation is 2. The fourth-order valence-electron chi connectivity index (χ4n) is 3.07. The molecule has 22 heavy (non-hydrogen) atoms. The molecular formula is C16H22N4O2. The molecular weight excluding hydrogens is 280 g/mol. The Balaban J connectivity index is 1.77. The van der Waals surface area contributed by atoms with Crippen molar-refractivity contribution in [2.24, 2.45) is 5.92 Å². The van der Waals surface area contributed by atoms with Gasteiger partial charge in [-0.2, -0.15) is 5.10 Å². The third kappa shape index (κ3) is 2.65. The normalized spacial score (nSPS) is 18.8. The second kappa shape index (κ2) is 5.94. The van der Waals surface area contributed by atoms with Crippen LogP contribution in [0, 0.1) is 5.92 Å². The van der Waals surface area contributed by atoms with Crippen LogP contribution in [0.3, 0.4) is 0 Å². The Morgan fingerprint density at radius 1 is 1.59 bits per heavy atom. The van der Waals surface area contributed by atoms with Crippen LogP contribution in [0.5, 0.6) is 0 Å². The third-order valence-electron chi connectivity index (χ3n) is 4.34. The average molecular weight is 302 g/mol. The highest BCUT2D eigenvalue weighted by atomic mass is 16.5. The van der Waals surface area contributed by atoms with E-state index in [4.69, 9.17) is 4.52 Å². The maximum Gasteiger partial charge on any atom is 0.274 e. The summed E-state index contributed by atoms with van der Waals surface area (Å²) in [4.78, 5) is 12.5. The van der Waals surface area contributed by atoms with Crippen LogP contribution >= 0.6 is 0 Å². The van der Waals surface area contributed by atoms with Crippen LogP contribution < -0.4 is 5.32 Å². The van der Waals surface area contributed by atoms with Crippen molar-refractivity contribution >= 4 is 5.91 Å². The van der Waals surface area contributed by atoms with Gasteiger partial charge in [0.2, 0.25) is 0 Å². The minimum Gasteiger partial charge on any atom is -0.360 e. The number of hydrogen-bond donors (Lipinski definition) is 1. The molecule has 1 aliphatic carbocycles. The van der Waals surface area contributed by atoms with Crippen LogP contribution in [-0.2, 0) is 19.4 Å². The minimum atomic E-state index is -0.171. The van der Waals surface area contributed by atoms with Crippen LogP contribution in [0.25, 0.3) is 0 Å². The molecule has 118 valence electrons. The van der Waals surface area contributed by atoms with Gasteiger partial charge in [0.25, 0.3) is 5.91 Å². The number of rotatable bonds is 4. The van der Waals surface area contributed by atoms with E-state index in [1.807, 2.05) is 24.6 Å². The van der Waals surface area contributed by atoms with Gasteiger partial charge in [0, 0.05) is 24.7 Å².